The molecule has 0 fully saturated rings. The molecule has 0 amide bonds. The second-order valence-electron chi connectivity index (χ2n) is 6.32. The maximum atomic E-state index is 2.44. The molecule has 0 saturated heterocycles. The third kappa shape index (κ3) is 4.16. The van der Waals surface area contributed by atoms with Crippen molar-refractivity contribution in [3.8, 4) is 11.1 Å². The van der Waals surface area contributed by atoms with E-state index < -0.39 is 0 Å². The number of nitrogens with zero attached hydrogens (tertiary/aromatic N) is 2. The Balaban J connectivity index is 0.00000169. The van der Waals surface area contributed by atoms with Crippen molar-refractivity contribution in [3.63, 3.8) is 0 Å². The van der Waals surface area contributed by atoms with Gasteiger partial charge >= 0.3 is 162 Å². The smallest absolute Gasteiger partial charge is 1.00 e. The summed E-state index contributed by atoms with van der Waals surface area (Å²) < 4.78 is 0.563. The number of fused-ring (bicyclic) bond motifs is 3. The molecule has 0 bridgehead atoms. The molecule has 3 rings (SSSR count). The molecule has 0 N–H and O–H groups in total. The minimum absolute atomic E-state index is 0. The van der Waals surface area contributed by atoms with E-state index in [2.05, 4.69) is 73.9 Å². The third-order valence-corrected chi connectivity index (χ3v) is 6.77. The predicted molar refractivity (Wildman–Crippen MR) is 101 cm³/mol. The van der Waals surface area contributed by atoms with E-state index in [1.165, 1.54) is 33.6 Å². The van der Waals surface area contributed by atoms with Crippen LogP contribution in [0.25, 0.3) is 11.1 Å². The fraction of sp³-hybridized carbons (Fsp3) is 0.429. The minimum Gasteiger partial charge on any atom is -1.00 e. The van der Waals surface area contributed by atoms with Crippen molar-refractivity contribution >= 4 is 11.4 Å². The average Bonchev–Trinajstić information content (AvgIpc) is 2.89. The molecule has 0 saturated carbocycles. The number of hydrogen-bond donors (Lipinski definition) is 0. The number of anilines is 2. The molecule has 1 aliphatic carbocycles. The SMILES string of the molecule is CCN(CC)c1ccc2c(c1)[CH]([Zr+2])c1cc(N(CC)CC)ccc1-2.[Cl-].[Cl-]. The third-order valence-electron chi connectivity index (χ3n) is 5.24. The first kappa shape index (κ1) is 23.5. The average molecular weight is 470 g/mol. The van der Waals surface area contributed by atoms with Crippen molar-refractivity contribution in [2.75, 3.05) is 36.0 Å². The van der Waals surface area contributed by atoms with E-state index in [0.717, 1.165) is 26.2 Å². The van der Waals surface area contributed by atoms with Crippen molar-refractivity contribution in [2.45, 2.75) is 31.3 Å². The largest absolute Gasteiger partial charge is 1.00 e. The van der Waals surface area contributed by atoms with Gasteiger partial charge in [0.25, 0.3) is 0 Å². The Labute approximate surface area is 186 Å². The van der Waals surface area contributed by atoms with Crippen LogP contribution in [-0.2, 0) is 24.7 Å². The summed E-state index contributed by atoms with van der Waals surface area (Å²) in [7, 11) is 0. The second kappa shape index (κ2) is 10.2. The van der Waals surface area contributed by atoms with Crippen LogP contribution in [0.3, 0.4) is 0 Å². The maximum Gasteiger partial charge on any atom is -1.00 e. The predicted octanol–water partition coefficient (Wildman–Crippen LogP) is -0.996. The first-order chi connectivity index (χ1) is 11.6. The van der Waals surface area contributed by atoms with E-state index in [1.54, 1.807) is 24.7 Å². The molecule has 26 heavy (non-hydrogen) atoms. The second-order valence-corrected chi connectivity index (χ2v) is 7.74. The Morgan fingerprint density at radius 3 is 1.35 bits per heavy atom. The van der Waals surface area contributed by atoms with E-state index in [4.69, 9.17) is 0 Å². The zero-order valence-corrected chi connectivity index (χ0v) is 20.0. The Morgan fingerprint density at radius 1 is 0.692 bits per heavy atom. The van der Waals surface area contributed by atoms with Gasteiger partial charge in [0.15, 0.2) is 0 Å². The number of benzene rings is 2. The molecule has 2 aromatic rings. The van der Waals surface area contributed by atoms with Crippen LogP contribution < -0.4 is 34.6 Å². The number of rotatable bonds is 6. The van der Waals surface area contributed by atoms with Crippen LogP contribution in [0.5, 0.6) is 0 Å². The molecular weight excluding hydrogens is 442 g/mol. The van der Waals surface area contributed by atoms with Gasteiger partial charge in [-0.15, -0.1) is 0 Å². The molecule has 0 heterocycles. The Morgan fingerprint density at radius 2 is 1.04 bits per heavy atom. The summed E-state index contributed by atoms with van der Waals surface area (Å²) in [5.41, 5.74) is 8.64. The summed E-state index contributed by atoms with van der Waals surface area (Å²) in [6, 6.07) is 14.1. The van der Waals surface area contributed by atoms with Gasteiger partial charge in [0, 0.05) is 0 Å². The van der Waals surface area contributed by atoms with Crippen molar-refractivity contribution in [2.24, 2.45) is 0 Å². The fourth-order valence-corrected chi connectivity index (χ4v) is 4.98. The van der Waals surface area contributed by atoms with Gasteiger partial charge in [-0.3, -0.25) is 0 Å². The number of halogens is 2. The van der Waals surface area contributed by atoms with Crippen LogP contribution in [0.1, 0.15) is 42.4 Å². The summed E-state index contributed by atoms with van der Waals surface area (Å²) in [6.45, 7) is 13.2. The van der Waals surface area contributed by atoms with Gasteiger partial charge in [0.05, 0.1) is 0 Å². The minimum atomic E-state index is 0. The van der Waals surface area contributed by atoms with Crippen molar-refractivity contribution in [3.05, 3.63) is 47.5 Å². The van der Waals surface area contributed by atoms with Crippen LogP contribution in [0, 0.1) is 0 Å². The molecular formula is C21H27Cl2N2Zr. The van der Waals surface area contributed by atoms with E-state index >= 15 is 0 Å². The molecule has 2 aromatic carbocycles. The molecule has 1 aliphatic rings. The van der Waals surface area contributed by atoms with Gasteiger partial charge in [0.1, 0.15) is 0 Å². The van der Waals surface area contributed by atoms with Crippen molar-refractivity contribution in [1.82, 2.24) is 0 Å². The standard InChI is InChI=1S/C21H27N2.2ClH.Zr/c1-5-22(6-2)18-9-11-20-16(14-18)13-17-15-19(10-12-21(17)20)23(7-3)8-4;;;/h9-15H,5-8H2,1-4H3;2*1H;/q;;;+2/p-2. The molecule has 0 atom stereocenters. The summed E-state index contributed by atoms with van der Waals surface area (Å²) in [4.78, 5) is 4.88. The van der Waals surface area contributed by atoms with Gasteiger partial charge in [-0.1, -0.05) is 0 Å². The van der Waals surface area contributed by atoms with E-state index in [0.29, 0.717) is 3.63 Å². The van der Waals surface area contributed by atoms with Gasteiger partial charge in [-0.25, -0.2) is 0 Å². The van der Waals surface area contributed by atoms with E-state index in [9.17, 15) is 0 Å². The summed E-state index contributed by atoms with van der Waals surface area (Å²) >= 11 is 1.58. The molecule has 0 unspecified atom stereocenters. The summed E-state index contributed by atoms with van der Waals surface area (Å²) in [5, 5.41) is 0. The molecule has 0 aliphatic heterocycles. The van der Waals surface area contributed by atoms with E-state index in [-0.39, 0.29) is 24.8 Å². The van der Waals surface area contributed by atoms with Crippen LogP contribution in [0.4, 0.5) is 11.4 Å². The van der Waals surface area contributed by atoms with Crippen LogP contribution in [0.15, 0.2) is 36.4 Å². The monoisotopic (exact) mass is 467 g/mol. The zero-order valence-electron chi connectivity index (χ0n) is 16.0. The van der Waals surface area contributed by atoms with Gasteiger partial charge in [-0.05, 0) is 0 Å². The summed E-state index contributed by atoms with van der Waals surface area (Å²) in [5.74, 6) is 0. The first-order valence-corrected chi connectivity index (χ1v) is 10.6. The Hall–Kier alpha value is -0.497. The Bertz CT molecular complexity index is 666. The fourth-order valence-electron chi connectivity index (χ4n) is 3.81. The van der Waals surface area contributed by atoms with Crippen LogP contribution in [-0.4, -0.2) is 26.2 Å². The van der Waals surface area contributed by atoms with Gasteiger partial charge in [0.2, 0.25) is 0 Å². The van der Waals surface area contributed by atoms with Gasteiger partial charge in [-0.2, -0.15) is 0 Å². The normalized spacial score (nSPS) is 11.9. The maximum absolute atomic E-state index is 2.44. The van der Waals surface area contributed by atoms with Crippen molar-refractivity contribution < 1.29 is 49.5 Å². The van der Waals surface area contributed by atoms with Crippen LogP contribution in [0.2, 0.25) is 0 Å². The summed E-state index contributed by atoms with van der Waals surface area (Å²) in [6.07, 6.45) is 0. The van der Waals surface area contributed by atoms with Crippen molar-refractivity contribution in [1.29, 1.82) is 0 Å². The van der Waals surface area contributed by atoms with Crippen LogP contribution >= 0.6 is 0 Å². The molecule has 139 valence electrons. The first-order valence-electron chi connectivity index (χ1n) is 9.13. The van der Waals surface area contributed by atoms with E-state index in [1.807, 2.05) is 0 Å². The topological polar surface area (TPSA) is 6.48 Å². The molecule has 5 heteroatoms. The quantitative estimate of drug-likeness (QED) is 0.536. The molecule has 0 spiro atoms. The van der Waals surface area contributed by atoms with Gasteiger partial charge < -0.3 is 24.8 Å². The molecule has 0 aromatic heterocycles. The zero-order chi connectivity index (χ0) is 17.3. The molecule has 0 radical (unpaired) electrons. The number of hydrogen-bond acceptors (Lipinski definition) is 2. The Kier molecular flexibility index (Phi) is 9.20. The molecule has 2 nitrogen and oxygen atoms in total.